The van der Waals surface area contributed by atoms with Crippen molar-refractivity contribution in [2.24, 2.45) is 5.73 Å². The Kier molecular flexibility index (Phi) is 6.10. The van der Waals surface area contributed by atoms with Crippen molar-refractivity contribution in [2.75, 3.05) is 19.6 Å². The Bertz CT molecular complexity index is 635. The van der Waals surface area contributed by atoms with E-state index in [0.717, 1.165) is 0 Å². The van der Waals surface area contributed by atoms with E-state index in [9.17, 15) is 18.8 Å². The van der Waals surface area contributed by atoms with Gasteiger partial charge in [0, 0.05) is 30.2 Å². The lowest BCUT2D eigenvalue weighted by atomic mass is 10.1. The van der Waals surface area contributed by atoms with E-state index in [1.165, 1.54) is 12.1 Å². The summed E-state index contributed by atoms with van der Waals surface area (Å²) in [4.78, 5) is 36.3. The molecule has 1 aromatic carbocycles. The van der Waals surface area contributed by atoms with E-state index in [4.69, 9.17) is 17.3 Å². The summed E-state index contributed by atoms with van der Waals surface area (Å²) in [5.41, 5.74) is 5.24. The maximum absolute atomic E-state index is 14.0. The summed E-state index contributed by atoms with van der Waals surface area (Å²) in [6.45, 7) is 0.646. The molecule has 1 aromatic rings. The predicted octanol–water partition coefficient (Wildman–Crippen LogP) is -0.229. The summed E-state index contributed by atoms with van der Waals surface area (Å²) >= 11 is 6.03. The third-order valence-corrected chi connectivity index (χ3v) is 4.06. The molecule has 0 aliphatic carbocycles. The van der Waals surface area contributed by atoms with Crippen LogP contribution in [-0.4, -0.2) is 48.3 Å². The number of rotatable bonds is 6. The zero-order valence-electron chi connectivity index (χ0n) is 12.9. The highest BCUT2D eigenvalue weighted by atomic mass is 35.5. The molecule has 1 aliphatic heterocycles. The fraction of sp³-hybridized carbons (Fsp3) is 0.400. The number of nitrogens with two attached hydrogens (primary N) is 1. The van der Waals surface area contributed by atoms with Crippen LogP contribution in [0, 0.1) is 5.82 Å². The van der Waals surface area contributed by atoms with Crippen molar-refractivity contribution in [1.29, 1.82) is 0 Å². The molecule has 4 N–H and O–H groups in total. The lowest BCUT2D eigenvalue weighted by molar-refractivity contribution is -0.134. The van der Waals surface area contributed by atoms with Crippen LogP contribution in [0.2, 0.25) is 5.02 Å². The first-order chi connectivity index (χ1) is 11.4. The maximum atomic E-state index is 14.0. The summed E-state index contributed by atoms with van der Waals surface area (Å²) in [5, 5.41) is 5.27. The predicted molar refractivity (Wildman–Crippen MR) is 85.4 cm³/mol. The van der Waals surface area contributed by atoms with Gasteiger partial charge < -0.3 is 16.4 Å². The van der Waals surface area contributed by atoms with Gasteiger partial charge in [-0.25, -0.2) is 4.39 Å². The lowest BCUT2D eigenvalue weighted by Crippen LogP contribution is -2.56. The number of carbonyl (C=O) groups excluding carboxylic acids is 3. The Morgan fingerprint density at radius 1 is 1.46 bits per heavy atom. The number of hydrogen-bond acceptors (Lipinski definition) is 4. The molecule has 1 heterocycles. The average Bonchev–Trinajstić information content (AvgIpc) is 2.52. The number of amides is 3. The minimum Gasteiger partial charge on any atom is -0.368 e. The lowest BCUT2D eigenvalue weighted by Gasteiger charge is -2.34. The van der Waals surface area contributed by atoms with Crippen LogP contribution in [0.1, 0.15) is 12.0 Å². The van der Waals surface area contributed by atoms with Crippen LogP contribution < -0.4 is 16.4 Å². The molecule has 0 unspecified atom stereocenters. The molecule has 0 spiro atoms. The third kappa shape index (κ3) is 4.65. The minimum absolute atomic E-state index is 0.104. The van der Waals surface area contributed by atoms with Crippen LogP contribution in [-0.2, 0) is 20.9 Å². The van der Waals surface area contributed by atoms with Gasteiger partial charge >= 0.3 is 0 Å². The summed E-state index contributed by atoms with van der Waals surface area (Å²) in [7, 11) is 0. The topological polar surface area (TPSA) is 105 Å². The summed E-state index contributed by atoms with van der Waals surface area (Å²) in [5.74, 6) is -1.96. The van der Waals surface area contributed by atoms with Crippen molar-refractivity contribution >= 4 is 29.3 Å². The number of nitrogens with one attached hydrogen (secondary N) is 2. The number of nitrogens with zero attached hydrogens (tertiary/aromatic N) is 1. The van der Waals surface area contributed by atoms with E-state index in [0.29, 0.717) is 13.1 Å². The molecule has 2 rings (SSSR count). The molecule has 0 radical (unpaired) electrons. The van der Waals surface area contributed by atoms with Gasteiger partial charge in [0.1, 0.15) is 5.82 Å². The van der Waals surface area contributed by atoms with Crippen LogP contribution >= 0.6 is 11.6 Å². The molecule has 0 aromatic heterocycles. The number of carbonyl (C=O) groups is 3. The van der Waals surface area contributed by atoms with Gasteiger partial charge in [0.05, 0.1) is 19.0 Å². The van der Waals surface area contributed by atoms with Crippen LogP contribution in [0.25, 0.3) is 0 Å². The van der Waals surface area contributed by atoms with Crippen LogP contribution in [0.3, 0.4) is 0 Å². The van der Waals surface area contributed by atoms with E-state index in [1.54, 1.807) is 11.0 Å². The smallest absolute Gasteiger partial charge is 0.237 e. The Morgan fingerprint density at radius 2 is 2.21 bits per heavy atom. The monoisotopic (exact) mass is 356 g/mol. The highest BCUT2D eigenvalue weighted by molar-refractivity contribution is 6.31. The number of piperazine rings is 1. The first-order valence-corrected chi connectivity index (χ1v) is 7.76. The molecular weight excluding hydrogens is 339 g/mol. The molecule has 130 valence electrons. The van der Waals surface area contributed by atoms with Crippen molar-refractivity contribution in [2.45, 2.75) is 19.0 Å². The largest absolute Gasteiger partial charge is 0.368 e. The zero-order chi connectivity index (χ0) is 17.7. The highest BCUT2D eigenvalue weighted by Crippen LogP contribution is 2.23. The summed E-state index contributed by atoms with van der Waals surface area (Å²) in [6.07, 6.45) is -0.162. The first-order valence-electron chi connectivity index (χ1n) is 7.38. The van der Waals surface area contributed by atoms with Crippen molar-refractivity contribution in [1.82, 2.24) is 15.5 Å². The quantitative estimate of drug-likeness (QED) is 0.655. The second-order valence-corrected chi connectivity index (χ2v) is 5.83. The Morgan fingerprint density at radius 3 is 2.88 bits per heavy atom. The molecule has 0 saturated carbocycles. The molecule has 1 atom stereocenters. The van der Waals surface area contributed by atoms with Gasteiger partial charge in [0.2, 0.25) is 17.7 Å². The minimum atomic E-state index is -0.776. The zero-order valence-corrected chi connectivity index (χ0v) is 13.6. The molecule has 1 aliphatic rings. The van der Waals surface area contributed by atoms with Crippen LogP contribution in [0.4, 0.5) is 4.39 Å². The van der Waals surface area contributed by atoms with Gasteiger partial charge in [-0.2, -0.15) is 0 Å². The fourth-order valence-corrected chi connectivity index (χ4v) is 2.72. The second kappa shape index (κ2) is 8.07. The van der Waals surface area contributed by atoms with Gasteiger partial charge in [-0.1, -0.05) is 17.7 Å². The molecule has 24 heavy (non-hydrogen) atoms. The first kappa shape index (κ1) is 18.2. The highest BCUT2D eigenvalue weighted by Gasteiger charge is 2.32. The van der Waals surface area contributed by atoms with Gasteiger partial charge in [-0.05, 0) is 12.1 Å². The average molecular weight is 357 g/mol. The second-order valence-electron chi connectivity index (χ2n) is 5.42. The number of hydrogen-bond donors (Lipinski definition) is 3. The molecule has 7 nitrogen and oxygen atoms in total. The van der Waals surface area contributed by atoms with Crippen molar-refractivity contribution in [3.63, 3.8) is 0 Å². The third-order valence-electron chi connectivity index (χ3n) is 3.70. The van der Waals surface area contributed by atoms with Crippen molar-refractivity contribution < 1.29 is 18.8 Å². The van der Waals surface area contributed by atoms with E-state index in [1.807, 2.05) is 0 Å². The molecule has 0 bridgehead atoms. The summed E-state index contributed by atoms with van der Waals surface area (Å²) in [6, 6.07) is 3.58. The molecule has 9 heteroatoms. The maximum Gasteiger partial charge on any atom is 0.237 e. The van der Waals surface area contributed by atoms with Crippen LogP contribution in [0.5, 0.6) is 0 Å². The number of halogens is 2. The molecule has 1 saturated heterocycles. The fourth-order valence-electron chi connectivity index (χ4n) is 2.49. The molecular formula is C15H18ClFN4O3. The van der Waals surface area contributed by atoms with Crippen molar-refractivity contribution in [3.05, 3.63) is 34.6 Å². The Labute approximate surface area is 143 Å². The van der Waals surface area contributed by atoms with Gasteiger partial charge in [0.25, 0.3) is 0 Å². The number of benzene rings is 1. The Hall–Kier alpha value is -2.19. The van der Waals surface area contributed by atoms with Crippen LogP contribution in [0.15, 0.2) is 18.2 Å². The van der Waals surface area contributed by atoms with Gasteiger partial charge in [0.15, 0.2) is 0 Å². The van der Waals surface area contributed by atoms with E-state index >= 15 is 0 Å². The number of primary amides is 1. The van der Waals surface area contributed by atoms with E-state index in [2.05, 4.69) is 10.6 Å². The molecule has 3 amide bonds. The Balaban J connectivity index is 2.10. The van der Waals surface area contributed by atoms with Crippen molar-refractivity contribution in [3.8, 4) is 0 Å². The molecule has 1 fully saturated rings. The normalized spacial score (nSPS) is 18.1. The van der Waals surface area contributed by atoms with Gasteiger partial charge in [-0.3, -0.25) is 19.3 Å². The SMILES string of the molecule is NC(=O)CNC(=O)C[C@@H]1C(=O)NCCN1Cc1c(F)cccc1Cl. The van der Waals surface area contributed by atoms with Gasteiger partial charge in [-0.15, -0.1) is 0 Å². The van der Waals surface area contributed by atoms with E-state index < -0.39 is 23.7 Å². The summed E-state index contributed by atoms with van der Waals surface area (Å²) < 4.78 is 14.0. The van der Waals surface area contributed by atoms with E-state index in [-0.39, 0.29) is 36.0 Å². The standard InChI is InChI=1S/C15H18ClFN4O3/c16-10-2-1-3-11(17)9(10)8-21-5-4-19-15(24)12(21)6-14(23)20-7-13(18)22/h1-3,12H,4-8H2,(H2,18,22)(H,19,24)(H,20,23)/t12-/m1/s1.